The van der Waals surface area contributed by atoms with Crippen LogP contribution in [0.4, 0.5) is 27.0 Å². The summed E-state index contributed by atoms with van der Waals surface area (Å²) in [4.78, 5) is 14.1. The summed E-state index contributed by atoms with van der Waals surface area (Å²) in [6.07, 6.45) is -1.04. The van der Waals surface area contributed by atoms with Crippen molar-refractivity contribution in [1.82, 2.24) is 14.7 Å². The molecule has 0 amide bonds. The Hall–Kier alpha value is -4.33. The quantitative estimate of drug-likeness (QED) is 0.153. The highest BCUT2D eigenvalue weighted by atomic mass is 35.5. The number of nitrogens with two attached hydrogens (primary N) is 1. The van der Waals surface area contributed by atoms with Gasteiger partial charge in [-0.3, -0.25) is 14.8 Å². The predicted molar refractivity (Wildman–Crippen MR) is 173 cm³/mol. The van der Waals surface area contributed by atoms with Gasteiger partial charge in [0.25, 0.3) is 6.43 Å². The number of amidine groups is 1. The van der Waals surface area contributed by atoms with Gasteiger partial charge in [0.05, 0.1) is 44.1 Å². The Morgan fingerprint density at radius 3 is 2.88 bits per heavy atom. The number of benzene rings is 2. The summed E-state index contributed by atoms with van der Waals surface area (Å²) in [5.41, 5.74) is 5.12. The maximum absolute atomic E-state index is 17.3. The topological polar surface area (TPSA) is 112 Å². The van der Waals surface area contributed by atoms with Gasteiger partial charge >= 0.3 is 5.95 Å². The number of oxime groups is 1. The Bertz CT molecular complexity index is 2100. The van der Waals surface area contributed by atoms with Crippen molar-refractivity contribution >= 4 is 49.7 Å². The molecule has 10 nitrogen and oxygen atoms in total. The third kappa shape index (κ3) is 5.38. The fourth-order valence-corrected chi connectivity index (χ4v) is 8.54. The second-order valence-corrected chi connectivity index (χ2v) is 13.6. The highest BCUT2D eigenvalue weighted by molar-refractivity contribution is 7.23. The zero-order valence-corrected chi connectivity index (χ0v) is 27.8. The van der Waals surface area contributed by atoms with E-state index in [2.05, 4.69) is 10.1 Å². The van der Waals surface area contributed by atoms with Crippen LogP contribution in [0.5, 0.6) is 5.75 Å². The SMILES string of the molecule is CO/N=C(\C)N1CN=c2c(Cl)c(-c3ccc(F)c4sc(N)c(C#N)c34)c(F)c3c2=C1N(CC(F)F)C=C(OC[C@@]12CCCN1C[C@H](F)C2)O3. The molecule has 0 saturated carbocycles. The molecule has 0 bridgehead atoms. The highest BCUT2D eigenvalue weighted by Crippen LogP contribution is 2.45. The Balaban J connectivity index is 1.48. The first-order valence-electron chi connectivity index (χ1n) is 15.3. The number of thiophene rings is 1. The molecule has 2 aromatic carbocycles. The van der Waals surface area contributed by atoms with E-state index in [1.54, 1.807) is 6.92 Å². The third-order valence-electron chi connectivity index (χ3n) is 9.29. The summed E-state index contributed by atoms with van der Waals surface area (Å²) < 4.78 is 87.6. The fraction of sp³-hybridized carbons (Fsp3) is 0.406. The van der Waals surface area contributed by atoms with Crippen LogP contribution in [0.25, 0.3) is 27.0 Å². The molecule has 2 atom stereocenters. The number of hydrogen-bond donors (Lipinski definition) is 1. The van der Waals surface area contributed by atoms with Gasteiger partial charge in [-0.2, -0.15) is 5.26 Å². The first-order valence-corrected chi connectivity index (χ1v) is 16.5. The number of nitriles is 1. The van der Waals surface area contributed by atoms with Gasteiger partial charge in [0.1, 0.15) is 55.1 Å². The molecule has 0 radical (unpaired) electrons. The summed E-state index contributed by atoms with van der Waals surface area (Å²) in [5.74, 6) is -2.32. The molecule has 2 N–H and O–H groups in total. The average Bonchev–Trinajstić information content (AvgIpc) is 3.67. The monoisotopic (exact) mass is 721 g/mol. The minimum Gasteiger partial charge on any atom is -0.462 e. The Kier molecular flexibility index (Phi) is 8.48. The predicted octanol–water partition coefficient (Wildman–Crippen LogP) is 5.24. The molecule has 258 valence electrons. The number of ether oxygens (including phenoxy) is 2. The molecular formula is C32H29ClF5N7O3S. The normalized spacial score (nSPS) is 22.0. The van der Waals surface area contributed by atoms with E-state index in [1.165, 1.54) is 24.3 Å². The van der Waals surface area contributed by atoms with Crippen LogP contribution >= 0.6 is 22.9 Å². The number of nitrogens with zero attached hydrogens (tertiary/aromatic N) is 6. The molecule has 1 aromatic heterocycles. The summed E-state index contributed by atoms with van der Waals surface area (Å²) in [6, 6.07) is 4.35. The number of anilines is 1. The minimum absolute atomic E-state index is 0.00531. The van der Waals surface area contributed by atoms with Gasteiger partial charge < -0.3 is 24.9 Å². The maximum atomic E-state index is 17.3. The molecular weight excluding hydrogens is 693 g/mol. The maximum Gasteiger partial charge on any atom is 0.302 e. The molecule has 2 saturated heterocycles. The lowest BCUT2D eigenvalue weighted by atomic mass is 9.95. The number of rotatable bonds is 7. The number of halogens is 6. The first kappa shape index (κ1) is 33.2. The number of alkyl halides is 3. The van der Waals surface area contributed by atoms with Crippen LogP contribution in [0.15, 0.2) is 34.4 Å². The number of hydrogen-bond acceptors (Lipinski definition) is 10. The van der Waals surface area contributed by atoms with Gasteiger partial charge in [0, 0.05) is 23.9 Å². The van der Waals surface area contributed by atoms with Crippen LogP contribution in [0.1, 0.15) is 31.7 Å². The van der Waals surface area contributed by atoms with Gasteiger partial charge in [0.2, 0.25) is 0 Å². The van der Waals surface area contributed by atoms with Crippen molar-refractivity contribution in [3.8, 4) is 22.9 Å². The summed E-state index contributed by atoms with van der Waals surface area (Å²) in [6.45, 7) is 1.37. The van der Waals surface area contributed by atoms with Crippen molar-refractivity contribution in [1.29, 1.82) is 5.26 Å². The largest absolute Gasteiger partial charge is 0.462 e. The van der Waals surface area contributed by atoms with Crippen molar-refractivity contribution in [2.45, 2.75) is 44.3 Å². The molecule has 0 unspecified atom stereocenters. The number of nitrogen functional groups attached to an aromatic ring is 1. The molecule has 7 rings (SSSR count). The molecule has 5 heterocycles. The lowest BCUT2D eigenvalue weighted by Crippen LogP contribution is -2.48. The fourth-order valence-electron chi connectivity index (χ4n) is 7.26. The Labute approximate surface area is 285 Å². The summed E-state index contributed by atoms with van der Waals surface area (Å²) >= 11 is 7.77. The van der Waals surface area contributed by atoms with E-state index in [-0.39, 0.29) is 91.2 Å². The van der Waals surface area contributed by atoms with Crippen molar-refractivity contribution in [2.24, 2.45) is 10.1 Å². The third-order valence-corrected chi connectivity index (χ3v) is 10.7. The van der Waals surface area contributed by atoms with E-state index >= 15 is 4.39 Å². The van der Waals surface area contributed by atoms with Gasteiger partial charge in [-0.1, -0.05) is 22.8 Å². The standard InChI is InChI=1S/C32H29ClF5N7O3S/c1-15(42-46-2)45-14-41-27-24-28(26(38)23(25(27)33)17-4-5-19(35)29-22(17)18(9-39)30(40)49-29)48-21(12-43(31(24)45)11-20(36)37)47-13-32-6-3-7-44(32)10-16(34)8-32/h4-5,12,16,20H,3,6-8,10-11,13-14,40H2,1-2H3/b42-15+/t16-,32+/m1/s1. The van der Waals surface area contributed by atoms with Gasteiger partial charge in [0.15, 0.2) is 11.6 Å². The summed E-state index contributed by atoms with van der Waals surface area (Å²) in [7, 11) is 1.31. The molecule has 4 aliphatic heterocycles. The smallest absolute Gasteiger partial charge is 0.302 e. The second kappa shape index (κ2) is 12.5. The lowest BCUT2D eigenvalue weighted by molar-refractivity contribution is 0.0246. The van der Waals surface area contributed by atoms with Crippen molar-refractivity contribution in [3.05, 3.63) is 57.1 Å². The lowest BCUT2D eigenvalue weighted by Gasteiger charge is -2.33. The molecule has 2 fully saturated rings. The van der Waals surface area contributed by atoms with Crippen LogP contribution in [-0.2, 0) is 9.57 Å². The minimum atomic E-state index is -2.87. The van der Waals surface area contributed by atoms with Crippen LogP contribution in [-0.4, -0.2) is 78.7 Å². The Morgan fingerprint density at radius 2 is 2.14 bits per heavy atom. The van der Waals surface area contributed by atoms with Crippen molar-refractivity contribution in [3.63, 3.8) is 0 Å². The first-order chi connectivity index (χ1) is 23.5. The molecule has 17 heteroatoms. The zero-order valence-electron chi connectivity index (χ0n) is 26.2. The van der Waals surface area contributed by atoms with Crippen LogP contribution in [0.3, 0.4) is 0 Å². The highest BCUT2D eigenvalue weighted by Gasteiger charge is 2.49. The Morgan fingerprint density at radius 1 is 1.35 bits per heavy atom. The van der Waals surface area contributed by atoms with E-state index in [4.69, 9.17) is 31.6 Å². The molecule has 0 spiro atoms. The van der Waals surface area contributed by atoms with Crippen molar-refractivity contribution < 1.29 is 36.3 Å². The van der Waals surface area contributed by atoms with E-state index in [9.17, 15) is 22.8 Å². The van der Waals surface area contributed by atoms with E-state index in [0.717, 1.165) is 28.7 Å². The average molecular weight is 722 g/mol. The van der Waals surface area contributed by atoms with Crippen LogP contribution in [0.2, 0.25) is 5.02 Å². The summed E-state index contributed by atoms with van der Waals surface area (Å²) in [5, 5.41) is 13.6. The van der Waals surface area contributed by atoms with Crippen LogP contribution in [0, 0.1) is 23.0 Å². The zero-order chi connectivity index (χ0) is 34.8. The van der Waals surface area contributed by atoms with E-state index < -0.39 is 42.1 Å². The molecule has 0 aliphatic carbocycles. The van der Waals surface area contributed by atoms with Gasteiger partial charge in [-0.05, 0) is 37.9 Å². The number of fused-ring (bicyclic) bond motifs is 2. The molecule has 49 heavy (non-hydrogen) atoms. The van der Waals surface area contributed by atoms with E-state index in [0.29, 0.717) is 13.0 Å². The van der Waals surface area contributed by atoms with Crippen molar-refractivity contribution in [2.75, 3.05) is 45.8 Å². The molecule has 4 aliphatic rings. The van der Waals surface area contributed by atoms with E-state index in [1.807, 2.05) is 11.0 Å². The molecule has 3 aromatic rings. The second-order valence-electron chi connectivity index (χ2n) is 12.1. The van der Waals surface area contributed by atoms with Gasteiger partial charge in [-0.25, -0.2) is 22.0 Å². The van der Waals surface area contributed by atoms with Crippen LogP contribution < -0.4 is 21.0 Å². The van der Waals surface area contributed by atoms with Gasteiger partial charge in [-0.15, -0.1) is 11.3 Å².